The van der Waals surface area contributed by atoms with E-state index >= 15 is 0 Å². The molecule has 0 saturated heterocycles. The molecule has 10 heteroatoms. The van der Waals surface area contributed by atoms with Gasteiger partial charge < -0.3 is 20.5 Å². The van der Waals surface area contributed by atoms with E-state index < -0.39 is 10.0 Å². The van der Waals surface area contributed by atoms with E-state index in [1.165, 1.54) is 0 Å². The maximum atomic E-state index is 10.8. The monoisotopic (exact) mass is 444 g/mol. The number of hydrogen-bond acceptors (Lipinski definition) is 5. The zero-order chi connectivity index (χ0) is 15.9. The summed E-state index contributed by atoms with van der Waals surface area (Å²) < 4.78 is 31.8. The largest absolute Gasteiger partial charge is 0.493 e. The molecule has 1 aromatic carbocycles. The van der Waals surface area contributed by atoms with E-state index in [2.05, 4.69) is 10.3 Å². The molecule has 0 saturated carbocycles. The lowest BCUT2D eigenvalue weighted by Crippen LogP contribution is -2.36. The van der Waals surface area contributed by atoms with Crippen LogP contribution in [0.4, 0.5) is 0 Å². The van der Waals surface area contributed by atoms with Crippen molar-refractivity contribution in [2.75, 3.05) is 26.5 Å². The normalized spacial score (nSPS) is 11.5. The molecule has 5 N–H and O–H groups in total. The first-order valence-corrected chi connectivity index (χ1v) is 7.82. The molecule has 1 aromatic rings. The molecule has 0 aromatic heterocycles. The summed E-state index contributed by atoms with van der Waals surface area (Å²) in [6.45, 7) is 0.439. The van der Waals surface area contributed by atoms with Gasteiger partial charge in [-0.15, -0.1) is 24.0 Å². The Kier molecular flexibility index (Phi) is 9.13. The summed E-state index contributed by atoms with van der Waals surface area (Å²) in [7, 11) is -0.399. The lowest BCUT2D eigenvalue weighted by Gasteiger charge is -2.09. The fourth-order valence-electron chi connectivity index (χ4n) is 1.53. The second-order valence-corrected chi connectivity index (χ2v) is 5.92. The second kappa shape index (κ2) is 9.69. The molecule has 0 bridgehead atoms. The first-order valence-electron chi connectivity index (χ1n) is 6.11. The first kappa shape index (κ1) is 20.7. The van der Waals surface area contributed by atoms with Crippen LogP contribution in [0.25, 0.3) is 0 Å². The van der Waals surface area contributed by atoms with Crippen molar-refractivity contribution >= 4 is 40.0 Å². The molecule has 0 spiro atoms. The molecule has 8 nitrogen and oxygen atoms in total. The van der Waals surface area contributed by atoms with Gasteiger partial charge in [0.15, 0.2) is 17.5 Å². The Bertz CT molecular complexity index is 607. The highest BCUT2D eigenvalue weighted by molar-refractivity contribution is 14.0. The van der Waals surface area contributed by atoms with Crippen LogP contribution in [0, 0.1) is 0 Å². The molecule has 0 aliphatic rings. The number of benzene rings is 1. The Balaban J connectivity index is 0.00000441. The molecule has 0 heterocycles. The Morgan fingerprint density at radius 2 is 1.91 bits per heavy atom. The van der Waals surface area contributed by atoms with Crippen LogP contribution in [0.1, 0.15) is 5.56 Å². The van der Waals surface area contributed by atoms with E-state index in [9.17, 15) is 8.42 Å². The average Bonchev–Trinajstić information content (AvgIpc) is 2.43. The topological polar surface area (TPSA) is 129 Å². The lowest BCUT2D eigenvalue weighted by molar-refractivity contribution is 0.354. The number of nitrogens with two attached hydrogens (primary N) is 2. The predicted octanol–water partition coefficient (Wildman–Crippen LogP) is 0.0146. The van der Waals surface area contributed by atoms with E-state index in [0.29, 0.717) is 18.0 Å². The summed E-state index contributed by atoms with van der Waals surface area (Å²) >= 11 is 0. The lowest BCUT2D eigenvalue weighted by atomic mass is 10.2. The third kappa shape index (κ3) is 7.66. The van der Waals surface area contributed by atoms with Gasteiger partial charge in [-0.2, -0.15) is 0 Å². The van der Waals surface area contributed by atoms with Crippen molar-refractivity contribution in [1.82, 2.24) is 5.32 Å². The molecule has 0 atom stereocenters. The van der Waals surface area contributed by atoms with Crippen molar-refractivity contribution < 1.29 is 17.9 Å². The van der Waals surface area contributed by atoms with Crippen molar-refractivity contribution in [2.45, 2.75) is 6.54 Å². The van der Waals surface area contributed by atoms with Crippen LogP contribution in [-0.2, 0) is 16.6 Å². The highest BCUT2D eigenvalue weighted by Gasteiger charge is 2.05. The minimum Gasteiger partial charge on any atom is -0.493 e. The van der Waals surface area contributed by atoms with Crippen LogP contribution in [0.5, 0.6) is 11.5 Å². The SMILES string of the molecule is COc1ccc(CN=C(N)NCCS(N)(=O)=O)cc1OC.I. The van der Waals surface area contributed by atoms with Gasteiger partial charge >= 0.3 is 0 Å². The number of methoxy groups -OCH3 is 2. The molecular weight excluding hydrogens is 423 g/mol. The van der Waals surface area contributed by atoms with Gasteiger partial charge in [-0.3, -0.25) is 0 Å². The van der Waals surface area contributed by atoms with Crippen LogP contribution in [0.15, 0.2) is 23.2 Å². The summed E-state index contributed by atoms with van der Waals surface area (Å²) in [5, 5.41) is 7.54. The molecule has 22 heavy (non-hydrogen) atoms. The number of rotatable bonds is 7. The number of halogens is 1. The Morgan fingerprint density at radius 3 is 2.45 bits per heavy atom. The van der Waals surface area contributed by atoms with E-state index in [0.717, 1.165) is 5.56 Å². The van der Waals surface area contributed by atoms with Crippen LogP contribution in [-0.4, -0.2) is 40.9 Å². The molecule has 0 amide bonds. The standard InChI is InChI=1S/C12H20N4O4S.HI/c1-19-10-4-3-9(7-11(10)20-2)8-16-12(13)15-5-6-21(14,17)18;/h3-4,7H,5-6,8H2,1-2H3,(H3,13,15,16)(H2,14,17,18);1H. The summed E-state index contributed by atoms with van der Waals surface area (Å²) in [4.78, 5) is 4.10. The summed E-state index contributed by atoms with van der Waals surface area (Å²) in [5.74, 6) is 1.17. The summed E-state index contributed by atoms with van der Waals surface area (Å²) in [6.07, 6.45) is 0. The van der Waals surface area contributed by atoms with E-state index in [1.54, 1.807) is 26.4 Å². The molecule has 1 rings (SSSR count). The Hall–Kier alpha value is -1.27. The average molecular weight is 444 g/mol. The zero-order valence-corrected chi connectivity index (χ0v) is 15.6. The number of sulfonamides is 1. The van der Waals surface area contributed by atoms with Gasteiger partial charge in [0.25, 0.3) is 0 Å². The van der Waals surface area contributed by atoms with Gasteiger partial charge in [0.05, 0.1) is 26.5 Å². The van der Waals surface area contributed by atoms with Crippen molar-refractivity contribution in [3.05, 3.63) is 23.8 Å². The predicted molar refractivity (Wildman–Crippen MR) is 96.3 cm³/mol. The molecule has 0 radical (unpaired) electrons. The minimum atomic E-state index is -3.51. The van der Waals surface area contributed by atoms with Crippen LogP contribution in [0.2, 0.25) is 0 Å². The van der Waals surface area contributed by atoms with Gasteiger partial charge in [-0.1, -0.05) is 6.07 Å². The third-order valence-electron chi connectivity index (χ3n) is 2.57. The number of nitrogens with zero attached hydrogens (tertiary/aromatic N) is 1. The van der Waals surface area contributed by atoms with Crippen molar-refractivity contribution in [3.8, 4) is 11.5 Å². The smallest absolute Gasteiger partial charge is 0.210 e. The van der Waals surface area contributed by atoms with Gasteiger partial charge in [0, 0.05) is 6.54 Å². The van der Waals surface area contributed by atoms with Crippen LogP contribution >= 0.6 is 24.0 Å². The number of aliphatic imine (C=N–C) groups is 1. The van der Waals surface area contributed by atoms with Crippen molar-refractivity contribution in [1.29, 1.82) is 0 Å². The number of guanidine groups is 1. The second-order valence-electron chi connectivity index (χ2n) is 4.18. The number of nitrogens with one attached hydrogen (secondary N) is 1. The van der Waals surface area contributed by atoms with E-state index in [4.69, 9.17) is 20.3 Å². The molecule has 0 aliphatic heterocycles. The molecule has 0 fully saturated rings. The zero-order valence-electron chi connectivity index (χ0n) is 12.4. The molecular formula is C12H21IN4O4S. The Labute approximate surface area is 147 Å². The van der Waals surface area contributed by atoms with Gasteiger partial charge in [0.1, 0.15) is 0 Å². The fourth-order valence-corrected chi connectivity index (χ4v) is 1.92. The maximum absolute atomic E-state index is 10.8. The quantitative estimate of drug-likeness (QED) is 0.309. The highest BCUT2D eigenvalue weighted by Crippen LogP contribution is 2.27. The Morgan fingerprint density at radius 1 is 1.27 bits per heavy atom. The highest BCUT2D eigenvalue weighted by atomic mass is 127. The fraction of sp³-hybridized carbons (Fsp3) is 0.417. The molecule has 0 unspecified atom stereocenters. The number of ether oxygens (including phenoxy) is 2. The van der Waals surface area contributed by atoms with Crippen molar-refractivity contribution in [3.63, 3.8) is 0 Å². The van der Waals surface area contributed by atoms with E-state index in [-0.39, 0.29) is 42.2 Å². The number of hydrogen-bond donors (Lipinski definition) is 3. The van der Waals surface area contributed by atoms with Gasteiger partial charge in [-0.25, -0.2) is 18.5 Å². The van der Waals surface area contributed by atoms with Gasteiger partial charge in [-0.05, 0) is 17.7 Å². The maximum Gasteiger partial charge on any atom is 0.210 e. The van der Waals surface area contributed by atoms with Gasteiger partial charge in [0.2, 0.25) is 10.0 Å². The van der Waals surface area contributed by atoms with Crippen LogP contribution < -0.4 is 25.7 Å². The minimum absolute atomic E-state index is 0. The third-order valence-corrected chi connectivity index (χ3v) is 3.35. The van der Waals surface area contributed by atoms with E-state index in [1.807, 2.05) is 6.07 Å². The first-order chi connectivity index (χ1) is 9.85. The van der Waals surface area contributed by atoms with Crippen molar-refractivity contribution in [2.24, 2.45) is 15.9 Å². The summed E-state index contributed by atoms with van der Waals surface area (Å²) in [5.41, 5.74) is 6.50. The molecule has 0 aliphatic carbocycles. The summed E-state index contributed by atoms with van der Waals surface area (Å²) in [6, 6.07) is 5.40. The molecule has 126 valence electrons. The van der Waals surface area contributed by atoms with Crippen LogP contribution in [0.3, 0.4) is 0 Å². The number of primary sulfonamides is 1.